The van der Waals surface area contributed by atoms with E-state index in [1.807, 2.05) is 0 Å². The van der Waals surface area contributed by atoms with Gasteiger partial charge in [0.1, 0.15) is 0 Å². The summed E-state index contributed by atoms with van der Waals surface area (Å²) < 4.78 is 0. The highest BCUT2D eigenvalue weighted by Gasteiger charge is 2.39. The van der Waals surface area contributed by atoms with E-state index in [0.717, 1.165) is 6.04 Å². The molecular formula is C8H14N2. The second-order valence-electron chi connectivity index (χ2n) is 3.57. The van der Waals surface area contributed by atoms with Gasteiger partial charge in [-0.2, -0.15) is 0 Å². The molecule has 0 aliphatic carbocycles. The monoisotopic (exact) mass is 138 g/mol. The third kappa shape index (κ3) is 0.788. The largest absolute Gasteiger partial charge is 0.311 e. The van der Waals surface area contributed by atoms with Gasteiger partial charge in [0, 0.05) is 12.3 Å². The summed E-state index contributed by atoms with van der Waals surface area (Å²) in [5.74, 6) is 0. The Morgan fingerprint density at radius 1 is 1.40 bits per heavy atom. The Hall–Kier alpha value is -0.370. The van der Waals surface area contributed by atoms with Crippen LogP contribution in [0.15, 0.2) is 0 Å². The summed E-state index contributed by atoms with van der Waals surface area (Å²) >= 11 is 0. The lowest BCUT2D eigenvalue weighted by Crippen LogP contribution is -2.47. The second-order valence-corrected chi connectivity index (χ2v) is 3.57. The normalized spacial score (nSPS) is 45.4. The Kier molecular flexibility index (Phi) is 1.31. The summed E-state index contributed by atoms with van der Waals surface area (Å²) in [6.45, 7) is 0. The van der Waals surface area contributed by atoms with Crippen molar-refractivity contribution >= 4 is 6.21 Å². The van der Waals surface area contributed by atoms with Gasteiger partial charge in [0.25, 0.3) is 0 Å². The Labute approximate surface area is 61.5 Å². The van der Waals surface area contributed by atoms with E-state index in [-0.39, 0.29) is 5.54 Å². The fourth-order valence-corrected chi connectivity index (χ4v) is 2.25. The molecule has 0 aromatic carbocycles. The smallest absolute Gasteiger partial charge is 0.0534 e. The number of piperidine rings is 1. The first-order valence-electron chi connectivity index (χ1n) is 4.14. The number of nitrogens with one attached hydrogen (secondary N) is 2. The van der Waals surface area contributed by atoms with Gasteiger partial charge in [-0.25, -0.2) is 0 Å². The summed E-state index contributed by atoms with van der Waals surface area (Å²) in [6, 6.07) is 0.732. The zero-order valence-electron chi connectivity index (χ0n) is 6.19. The highest BCUT2D eigenvalue weighted by molar-refractivity contribution is 5.68. The summed E-state index contributed by atoms with van der Waals surface area (Å²) in [5.41, 5.74) is 0.128. The molecule has 0 amide bonds. The number of hydrogen-bond acceptors (Lipinski definition) is 2. The van der Waals surface area contributed by atoms with Gasteiger partial charge in [0.05, 0.1) is 5.54 Å². The van der Waals surface area contributed by atoms with Crippen LogP contribution in [0.25, 0.3) is 0 Å². The van der Waals surface area contributed by atoms with Crippen LogP contribution in [0.5, 0.6) is 0 Å². The van der Waals surface area contributed by atoms with E-state index in [0.29, 0.717) is 0 Å². The van der Waals surface area contributed by atoms with E-state index in [1.165, 1.54) is 32.1 Å². The molecule has 2 heterocycles. The van der Waals surface area contributed by atoms with Crippen LogP contribution in [-0.4, -0.2) is 17.8 Å². The van der Waals surface area contributed by atoms with Crippen molar-refractivity contribution < 1.29 is 0 Å². The van der Waals surface area contributed by atoms with E-state index in [2.05, 4.69) is 5.32 Å². The Balaban J connectivity index is 2.16. The summed E-state index contributed by atoms with van der Waals surface area (Å²) in [6.07, 6.45) is 7.93. The molecule has 0 aromatic rings. The summed E-state index contributed by atoms with van der Waals surface area (Å²) in [5, 5.41) is 10.8. The standard InChI is InChI=1S/C8H14N2/c9-6-8-4-1-2-7(10-8)3-5-8/h6-7,9-10H,1-5H2. The van der Waals surface area contributed by atoms with Crippen molar-refractivity contribution in [3.63, 3.8) is 0 Å². The Bertz CT molecular complexity index is 151. The molecule has 2 aliphatic rings. The minimum Gasteiger partial charge on any atom is -0.311 e. The van der Waals surface area contributed by atoms with Crippen LogP contribution >= 0.6 is 0 Å². The van der Waals surface area contributed by atoms with Crippen molar-refractivity contribution in [3.05, 3.63) is 0 Å². The van der Waals surface area contributed by atoms with Crippen molar-refractivity contribution in [2.24, 2.45) is 0 Å². The van der Waals surface area contributed by atoms with Gasteiger partial charge in [-0.05, 0) is 32.1 Å². The Morgan fingerprint density at radius 3 is 3.00 bits per heavy atom. The molecule has 2 bridgehead atoms. The molecule has 2 N–H and O–H groups in total. The predicted octanol–water partition coefficient (Wildman–Crippen LogP) is 1.31. The molecule has 0 radical (unpaired) electrons. The van der Waals surface area contributed by atoms with Crippen LogP contribution < -0.4 is 5.32 Å². The van der Waals surface area contributed by atoms with Gasteiger partial charge in [-0.1, -0.05) is 0 Å². The first-order valence-corrected chi connectivity index (χ1v) is 4.14. The average molecular weight is 138 g/mol. The van der Waals surface area contributed by atoms with Gasteiger partial charge in [0.15, 0.2) is 0 Å². The van der Waals surface area contributed by atoms with Crippen molar-refractivity contribution in [2.45, 2.75) is 43.7 Å². The maximum Gasteiger partial charge on any atom is 0.0534 e. The van der Waals surface area contributed by atoms with Gasteiger partial charge < -0.3 is 10.7 Å². The SMILES string of the molecule is N=CC12CCCC(CC1)N2. The maximum absolute atomic E-state index is 7.28. The summed E-state index contributed by atoms with van der Waals surface area (Å²) in [7, 11) is 0. The lowest BCUT2D eigenvalue weighted by Gasteiger charge is -2.30. The summed E-state index contributed by atoms with van der Waals surface area (Å²) in [4.78, 5) is 0. The van der Waals surface area contributed by atoms with Crippen LogP contribution in [0.4, 0.5) is 0 Å². The highest BCUT2D eigenvalue weighted by Crippen LogP contribution is 2.33. The second kappa shape index (κ2) is 2.06. The van der Waals surface area contributed by atoms with E-state index in [9.17, 15) is 0 Å². The molecule has 10 heavy (non-hydrogen) atoms. The predicted molar refractivity (Wildman–Crippen MR) is 41.5 cm³/mol. The molecule has 56 valence electrons. The lowest BCUT2D eigenvalue weighted by molar-refractivity contribution is 0.358. The fraction of sp³-hybridized carbons (Fsp3) is 0.875. The molecule has 2 atom stereocenters. The topological polar surface area (TPSA) is 35.9 Å². The van der Waals surface area contributed by atoms with E-state index in [1.54, 1.807) is 6.21 Å². The van der Waals surface area contributed by atoms with E-state index < -0.39 is 0 Å². The van der Waals surface area contributed by atoms with Gasteiger partial charge in [0.2, 0.25) is 0 Å². The molecule has 2 rings (SSSR count). The molecule has 2 fully saturated rings. The molecule has 2 heteroatoms. The number of fused-ring (bicyclic) bond motifs is 2. The van der Waals surface area contributed by atoms with Crippen LogP contribution in [0.2, 0.25) is 0 Å². The quantitative estimate of drug-likeness (QED) is 0.526. The van der Waals surface area contributed by atoms with E-state index in [4.69, 9.17) is 5.41 Å². The van der Waals surface area contributed by atoms with E-state index >= 15 is 0 Å². The van der Waals surface area contributed by atoms with Crippen LogP contribution in [0.1, 0.15) is 32.1 Å². The third-order valence-electron chi connectivity index (χ3n) is 2.88. The fourth-order valence-electron chi connectivity index (χ4n) is 2.25. The minimum absolute atomic E-state index is 0.128. The molecule has 2 saturated heterocycles. The average Bonchev–Trinajstić information content (AvgIpc) is 2.29. The molecule has 0 saturated carbocycles. The first-order chi connectivity index (χ1) is 4.85. The van der Waals surface area contributed by atoms with Gasteiger partial charge in [-0.15, -0.1) is 0 Å². The molecule has 2 unspecified atom stereocenters. The van der Waals surface area contributed by atoms with Crippen LogP contribution in [0, 0.1) is 5.41 Å². The number of hydrogen-bond donors (Lipinski definition) is 2. The van der Waals surface area contributed by atoms with Crippen LogP contribution in [-0.2, 0) is 0 Å². The number of rotatable bonds is 1. The molecule has 2 nitrogen and oxygen atoms in total. The third-order valence-corrected chi connectivity index (χ3v) is 2.88. The lowest BCUT2D eigenvalue weighted by atomic mass is 9.92. The Morgan fingerprint density at radius 2 is 2.30 bits per heavy atom. The molecular weight excluding hydrogens is 124 g/mol. The maximum atomic E-state index is 7.28. The van der Waals surface area contributed by atoms with Crippen molar-refractivity contribution in [3.8, 4) is 0 Å². The van der Waals surface area contributed by atoms with Crippen molar-refractivity contribution in [1.29, 1.82) is 5.41 Å². The van der Waals surface area contributed by atoms with Crippen molar-refractivity contribution in [1.82, 2.24) is 5.32 Å². The molecule has 2 aliphatic heterocycles. The minimum atomic E-state index is 0.128. The zero-order valence-corrected chi connectivity index (χ0v) is 6.19. The van der Waals surface area contributed by atoms with Crippen molar-refractivity contribution in [2.75, 3.05) is 0 Å². The zero-order chi connectivity index (χ0) is 7.03. The first kappa shape index (κ1) is 6.35. The van der Waals surface area contributed by atoms with Crippen LogP contribution in [0.3, 0.4) is 0 Å². The van der Waals surface area contributed by atoms with Gasteiger partial charge >= 0.3 is 0 Å². The molecule has 0 aromatic heterocycles. The molecule has 0 spiro atoms. The van der Waals surface area contributed by atoms with Gasteiger partial charge in [-0.3, -0.25) is 0 Å². The highest BCUT2D eigenvalue weighted by atomic mass is 15.1.